The first-order chi connectivity index (χ1) is 12.1. The molecule has 0 saturated carbocycles. The van der Waals surface area contributed by atoms with Crippen LogP contribution in [0.5, 0.6) is 0 Å². The van der Waals surface area contributed by atoms with E-state index in [1.165, 1.54) is 16.0 Å². The van der Waals surface area contributed by atoms with Gasteiger partial charge >= 0.3 is 0 Å². The molecule has 2 aromatic carbocycles. The fourth-order valence-corrected chi connectivity index (χ4v) is 3.81. The van der Waals surface area contributed by atoms with Crippen LogP contribution in [0.25, 0.3) is 0 Å². The Kier molecular flexibility index (Phi) is 4.01. The normalized spacial score (nSPS) is 20.3. The second-order valence-electron chi connectivity index (χ2n) is 6.82. The average molecular weight is 336 g/mol. The van der Waals surface area contributed by atoms with Gasteiger partial charge in [0.15, 0.2) is 6.04 Å². The molecule has 0 spiro atoms. The minimum atomic E-state index is -0.188. The molecule has 2 aliphatic rings. The van der Waals surface area contributed by atoms with E-state index in [-0.39, 0.29) is 24.4 Å². The van der Waals surface area contributed by atoms with Crippen LogP contribution in [0.1, 0.15) is 18.1 Å². The monoisotopic (exact) mass is 336 g/mol. The zero-order chi connectivity index (χ0) is 17.4. The molecule has 4 rings (SSSR count). The van der Waals surface area contributed by atoms with E-state index in [1.807, 2.05) is 31.2 Å². The fraction of sp³-hybridized carbons (Fsp3) is 0.300. The lowest BCUT2D eigenvalue weighted by molar-refractivity contribution is -0.929. The number of carbonyl (C=O) groups is 2. The van der Waals surface area contributed by atoms with Gasteiger partial charge in [0.25, 0.3) is 5.91 Å². The lowest BCUT2D eigenvalue weighted by Crippen LogP contribution is -3.16. The molecule has 0 aromatic heterocycles. The highest BCUT2D eigenvalue weighted by Crippen LogP contribution is 2.29. The number of anilines is 2. The summed E-state index contributed by atoms with van der Waals surface area (Å²) in [6.45, 7) is 3.85. The van der Waals surface area contributed by atoms with Crippen molar-refractivity contribution in [3.8, 4) is 0 Å². The van der Waals surface area contributed by atoms with Gasteiger partial charge in [-0.2, -0.15) is 0 Å². The molecular formula is C20H22N3O2+. The number of quaternary nitrogens is 1. The van der Waals surface area contributed by atoms with E-state index >= 15 is 0 Å². The quantitative estimate of drug-likeness (QED) is 0.860. The summed E-state index contributed by atoms with van der Waals surface area (Å²) in [6, 6.07) is 15.7. The van der Waals surface area contributed by atoms with E-state index in [4.69, 9.17) is 0 Å². The maximum atomic E-state index is 13.1. The molecule has 128 valence electrons. The fourth-order valence-electron chi connectivity index (χ4n) is 3.81. The minimum absolute atomic E-state index is 0.0108. The van der Waals surface area contributed by atoms with E-state index in [1.54, 1.807) is 4.90 Å². The number of hydrogen-bond donors (Lipinski definition) is 2. The molecule has 0 aliphatic carbocycles. The van der Waals surface area contributed by atoms with Crippen molar-refractivity contribution in [1.29, 1.82) is 0 Å². The minimum Gasteiger partial charge on any atom is -0.323 e. The van der Waals surface area contributed by atoms with Gasteiger partial charge in [-0.25, -0.2) is 0 Å². The van der Waals surface area contributed by atoms with Crippen LogP contribution in [0.15, 0.2) is 48.5 Å². The Morgan fingerprint density at radius 1 is 1.12 bits per heavy atom. The van der Waals surface area contributed by atoms with E-state index < -0.39 is 0 Å². The van der Waals surface area contributed by atoms with Gasteiger partial charge in [0.2, 0.25) is 5.91 Å². The number of para-hydroxylation sites is 2. The Labute approximate surface area is 147 Å². The third-order valence-corrected chi connectivity index (χ3v) is 5.27. The van der Waals surface area contributed by atoms with Gasteiger partial charge < -0.3 is 10.2 Å². The summed E-state index contributed by atoms with van der Waals surface area (Å²) in [4.78, 5) is 28.0. The number of amides is 2. The summed E-state index contributed by atoms with van der Waals surface area (Å²) in [7, 11) is 0. The van der Waals surface area contributed by atoms with Crippen molar-refractivity contribution in [3.63, 3.8) is 0 Å². The highest BCUT2D eigenvalue weighted by molar-refractivity contribution is 6.10. The molecule has 5 nitrogen and oxygen atoms in total. The summed E-state index contributed by atoms with van der Waals surface area (Å²) in [6.07, 6.45) is 0.986. The average Bonchev–Trinajstić information content (AvgIpc) is 2.65. The van der Waals surface area contributed by atoms with Crippen molar-refractivity contribution in [1.82, 2.24) is 0 Å². The van der Waals surface area contributed by atoms with Crippen molar-refractivity contribution in [2.24, 2.45) is 0 Å². The molecule has 0 bridgehead atoms. The molecule has 2 amide bonds. The van der Waals surface area contributed by atoms with Crippen LogP contribution in [0.2, 0.25) is 0 Å². The van der Waals surface area contributed by atoms with Crippen LogP contribution >= 0.6 is 0 Å². The lowest BCUT2D eigenvalue weighted by Gasteiger charge is -2.35. The number of benzene rings is 2. The van der Waals surface area contributed by atoms with Gasteiger partial charge in [0.05, 0.1) is 17.9 Å². The molecular weight excluding hydrogens is 314 g/mol. The Morgan fingerprint density at radius 3 is 2.68 bits per heavy atom. The predicted octanol–water partition coefficient (Wildman–Crippen LogP) is 1.00. The predicted molar refractivity (Wildman–Crippen MR) is 96.6 cm³/mol. The molecule has 0 fully saturated rings. The summed E-state index contributed by atoms with van der Waals surface area (Å²) < 4.78 is 0. The van der Waals surface area contributed by atoms with Gasteiger partial charge in [-0.3, -0.25) is 14.5 Å². The summed E-state index contributed by atoms with van der Waals surface area (Å²) in [5.74, 6) is -0.130. The second-order valence-corrected chi connectivity index (χ2v) is 6.82. The first-order valence-electron chi connectivity index (χ1n) is 8.75. The Bertz CT molecular complexity index is 833. The molecule has 2 heterocycles. The molecule has 5 heteroatoms. The van der Waals surface area contributed by atoms with Gasteiger partial charge in [0, 0.05) is 12.0 Å². The van der Waals surface area contributed by atoms with Crippen molar-refractivity contribution in [2.75, 3.05) is 23.3 Å². The number of hydrogen-bond acceptors (Lipinski definition) is 2. The molecule has 2 N–H and O–H groups in total. The van der Waals surface area contributed by atoms with Crippen LogP contribution in [0, 0.1) is 0 Å². The van der Waals surface area contributed by atoms with Crippen LogP contribution in [-0.4, -0.2) is 30.9 Å². The first kappa shape index (κ1) is 15.8. The number of fused-ring (bicyclic) bond motifs is 2. The maximum absolute atomic E-state index is 13.1. The largest absolute Gasteiger partial charge is 0.323 e. The van der Waals surface area contributed by atoms with Crippen LogP contribution < -0.4 is 15.1 Å². The summed E-state index contributed by atoms with van der Waals surface area (Å²) >= 11 is 0. The third kappa shape index (κ3) is 2.91. The van der Waals surface area contributed by atoms with Crippen molar-refractivity contribution >= 4 is 23.2 Å². The van der Waals surface area contributed by atoms with Crippen LogP contribution in [0.4, 0.5) is 11.4 Å². The molecule has 0 radical (unpaired) electrons. The Balaban J connectivity index is 1.56. The number of nitrogens with zero attached hydrogens (tertiary/aromatic N) is 1. The number of nitrogens with one attached hydrogen (secondary N) is 2. The van der Waals surface area contributed by atoms with E-state index in [0.717, 1.165) is 25.2 Å². The second kappa shape index (κ2) is 6.33. The number of rotatable bonds is 2. The van der Waals surface area contributed by atoms with E-state index in [9.17, 15) is 9.59 Å². The highest BCUT2D eigenvalue weighted by Gasteiger charge is 2.35. The van der Waals surface area contributed by atoms with Crippen molar-refractivity contribution in [2.45, 2.75) is 25.9 Å². The lowest BCUT2D eigenvalue weighted by atomic mass is 9.98. The topological polar surface area (TPSA) is 53.9 Å². The van der Waals surface area contributed by atoms with Crippen molar-refractivity contribution in [3.05, 3.63) is 59.7 Å². The zero-order valence-electron chi connectivity index (χ0n) is 14.3. The van der Waals surface area contributed by atoms with E-state index in [0.29, 0.717) is 5.69 Å². The van der Waals surface area contributed by atoms with Gasteiger partial charge in [0.1, 0.15) is 13.1 Å². The standard InChI is InChI=1S/C20H21N3O2/c1-14(22-11-10-15-6-2-3-7-16(15)12-22)20(25)23-13-19(24)21-17-8-4-5-9-18(17)23/h2-9,14H,10-13H2,1H3,(H,21,24)/p+1/t14-/m1/s1. The van der Waals surface area contributed by atoms with E-state index in [2.05, 4.69) is 29.6 Å². The van der Waals surface area contributed by atoms with Gasteiger partial charge in [-0.15, -0.1) is 0 Å². The molecule has 2 aliphatic heterocycles. The maximum Gasteiger partial charge on any atom is 0.285 e. The SMILES string of the molecule is C[C@H](C(=O)N1CC(=O)Nc2ccccc21)[NH+]1CCc2ccccc2C1. The first-order valence-corrected chi connectivity index (χ1v) is 8.75. The summed E-state index contributed by atoms with van der Waals surface area (Å²) in [5, 5.41) is 2.84. The molecule has 2 atom stereocenters. The Hall–Kier alpha value is -2.66. The molecule has 0 saturated heterocycles. The Morgan fingerprint density at radius 2 is 1.84 bits per heavy atom. The zero-order valence-corrected chi connectivity index (χ0v) is 14.3. The van der Waals surface area contributed by atoms with Crippen molar-refractivity contribution < 1.29 is 14.5 Å². The number of carbonyl (C=O) groups excluding carboxylic acids is 2. The third-order valence-electron chi connectivity index (χ3n) is 5.27. The van der Waals surface area contributed by atoms with Crippen LogP contribution in [0.3, 0.4) is 0 Å². The van der Waals surface area contributed by atoms with Gasteiger partial charge in [-0.1, -0.05) is 36.4 Å². The smallest absolute Gasteiger partial charge is 0.285 e. The summed E-state index contributed by atoms with van der Waals surface area (Å²) in [5.41, 5.74) is 4.20. The molecule has 25 heavy (non-hydrogen) atoms. The molecule has 2 aromatic rings. The van der Waals surface area contributed by atoms with Gasteiger partial charge in [-0.05, 0) is 24.6 Å². The van der Waals surface area contributed by atoms with Crippen LogP contribution in [-0.2, 0) is 22.6 Å². The molecule has 1 unspecified atom stereocenters. The highest BCUT2D eigenvalue weighted by atomic mass is 16.2.